The molecule has 1 saturated carbocycles. The highest BCUT2D eigenvalue weighted by atomic mass is 127. The van der Waals surface area contributed by atoms with Gasteiger partial charge in [-0.3, -0.25) is 9.89 Å². The molecule has 0 bridgehead atoms. The highest BCUT2D eigenvalue weighted by Gasteiger charge is 2.43. The van der Waals surface area contributed by atoms with Gasteiger partial charge in [0.15, 0.2) is 5.96 Å². The van der Waals surface area contributed by atoms with Gasteiger partial charge in [0.1, 0.15) is 11.4 Å². The molecule has 7 heteroatoms. The Labute approximate surface area is 198 Å². The summed E-state index contributed by atoms with van der Waals surface area (Å²) in [5, 5.41) is 7.20. The number of benzene rings is 1. The summed E-state index contributed by atoms with van der Waals surface area (Å²) in [4.78, 5) is 6.98. The number of para-hydroxylation sites is 1. The fourth-order valence-electron chi connectivity index (χ4n) is 4.92. The molecule has 1 aromatic carbocycles. The van der Waals surface area contributed by atoms with E-state index in [1.54, 1.807) is 0 Å². The van der Waals surface area contributed by atoms with Gasteiger partial charge in [-0.15, -0.1) is 24.0 Å². The number of halogens is 1. The van der Waals surface area contributed by atoms with E-state index >= 15 is 0 Å². The first kappa shape index (κ1) is 23.6. The van der Waals surface area contributed by atoms with Gasteiger partial charge in [-0.1, -0.05) is 18.2 Å². The number of guanidine groups is 1. The predicted molar refractivity (Wildman–Crippen MR) is 132 cm³/mol. The second-order valence-electron chi connectivity index (χ2n) is 8.59. The molecule has 0 aromatic heterocycles. The van der Waals surface area contributed by atoms with Crippen molar-refractivity contribution in [1.29, 1.82) is 0 Å². The van der Waals surface area contributed by atoms with Gasteiger partial charge in [0.05, 0.1) is 19.3 Å². The lowest BCUT2D eigenvalue weighted by Gasteiger charge is -2.40. The van der Waals surface area contributed by atoms with Gasteiger partial charge in [-0.05, 0) is 51.1 Å². The maximum Gasteiger partial charge on any atom is 0.191 e. The molecule has 0 radical (unpaired) electrons. The number of hydrogen-bond donors (Lipinski definition) is 2. The van der Waals surface area contributed by atoms with Crippen molar-refractivity contribution in [2.24, 2.45) is 4.99 Å². The normalized spacial score (nSPS) is 23.4. The first-order valence-electron chi connectivity index (χ1n) is 11.3. The van der Waals surface area contributed by atoms with Crippen molar-refractivity contribution >= 4 is 29.9 Å². The summed E-state index contributed by atoms with van der Waals surface area (Å²) in [6.45, 7) is 6.00. The molecule has 4 rings (SSSR count). The Kier molecular flexibility index (Phi) is 9.07. The minimum Gasteiger partial charge on any atom is -0.487 e. The summed E-state index contributed by atoms with van der Waals surface area (Å²) >= 11 is 0. The predicted octanol–water partition coefficient (Wildman–Crippen LogP) is 3.72. The largest absolute Gasteiger partial charge is 0.487 e. The molecule has 1 unspecified atom stereocenters. The third kappa shape index (κ3) is 6.01. The maximum atomic E-state index is 6.48. The van der Waals surface area contributed by atoms with Crippen molar-refractivity contribution in [3.05, 3.63) is 29.8 Å². The van der Waals surface area contributed by atoms with Gasteiger partial charge in [0, 0.05) is 38.7 Å². The minimum absolute atomic E-state index is 0. The Balaban J connectivity index is 0.00000256. The van der Waals surface area contributed by atoms with Crippen LogP contribution >= 0.6 is 24.0 Å². The fourth-order valence-corrected chi connectivity index (χ4v) is 4.92. The van der Waals surface area contributed by atoms with Gasteiger partial charge >= 0.3 is 0 Å². The number of aliphatic imine (C=N–C) groups is 1. The molecule has 2 heterocycles. The van der Waals surface area contributed by atoms with E-state index in [1.165, 1.54) is 24.8 Å². The van der Waals surface area contributed by atoms with Crippen molar-refractivity contribution in [2.75, 3.05) is 46.4 Å². The Morgan fingerprint density at radius 2 is 1.93 bits per heavy atom. The number of nitrogens with one attached hydrogen (secondary N) is 2. The van der Waals surface area contributed by atoms with Gasteiger partial charge in [-0.2, -0.15) is 0 Å². The molecule has 168 valence electrons. The van der Waals surface area contributed by atoms with Crippen molar-refractivity contribution in [3.8, 4) is 5.75 Å². The van der Waals surface area contributed by atoms with E-state index in [9.17, 15) is 0 Å². The highest BCUT2D eigenvalue weighted by molar-refractivity contribution is 14.0. The van der Waals surface area contributed by atoms with Gasteiger partial charge in [-0.25, -0.2) is 0 Å². The van der Waals surface area contributed by atoms with E-state index in [0.29, 0.717) is 0 Å². The van der Waals surface area contributed by atoms with Crippen LogP contribution in [0.2, 0.25) is 0 Å². The molecular weight excluding hydrogens is 491 g/mol. The Hall–Kier alpha value is -1.06. The molecule has 2 aliphatic heterocycles. The van der Waals surface area contributed by atoms with E-state index in [2.05, 4.69) is 44.8 Å². The molecule has 2 N–H and O–H groups in total. The zero-order valence-corrected chi connectivity index (χ0v) is 20.5. The van der Waals surface area contributed by atoms with E-state index in [0.717, 1.165) is 76.8 Å². The number of morpholine rings is 1. The van der Waals surface area contributed by atoms with Crippen molar-refractivity contribution in [2.45, 2.75) is 56.6 Å². The topological polar surface area (TPSA) is 58.1 Å². The molecule has 1 aromatic rings. The van der Waals surface area contributed by atoms with Crippen molar-refractivity contribution in [3.63, 3.8) is 0 Å². The molecule has 1 spiro atoms. The Morgan fingerprint density at radius 1 is 1.17 bits per heavy atom. The average molecular weight is 528 g/mol. The van der Waals surface area contributed by atoms with Gasteiger partial charge < -0.3 is 20.1 Å². The summed E-state index contributed by atoms with van der Waals surface area (Å²) in [6.07, 6.45) is 8.22. The van der Waals surface area contributed by atoms with Gasteiger partial charge in [0.2, 0.25) is 0 Å². The zero-order chi connectivity index (χ0) is 19.9. The van der Waals surface area contributed by atoms with E-state index in [-0.39, 0.29) is 35.6 Å². The zero-order valence-electron chi connectivity index (χ0n) is 18.2. The first-order valence-corrected chi connectivity index (χ1v) is 11.3. The molecule has 1 saturated heterocycles. The Morgan fingerprint density at radius 3 is 2.70 bits per heavy atom. The van der Waals surface area contributed by atoms with E-state index in [1.807, 2.05) is 7.05 Å². The highest BCUT2D eigenvalue weighted by Crippen LogP contribution is 2.46. The molecule has 0 amide bonds. The fraction of sp³-hybridized carbons (Fsp3) is 0.696. The third-order valence-corrected chi connectivity index (χ3v) is 6.54. The Bertz CT molecular complexity index is 688. The minimum atomic E-state index is 0. The monoisotopic (exact) mass is 528 g/mol. The van der Waals surface area contributed by atoms with Crippen LogP contribution in [0.25, 0.3) is 0 Å². The number of nitrogens with zero attached hydrogens (tertiary/aromatic N) is 2. The van der Waals surface area contributed by atoms with Crippen LogP contribution in [0.1, 0.15) is 56.6 Å². The van der Waals surface area contributed by atoms with Gasteiger partial charge in [0.25, 0.3) is 0 Å². The van der Waals surface area contributed by atoms with Crippen LogP contribution in [0.4, 0.5) is 0 Å². The standard InChI is InChI=1S/C23H36N4O2.HI/c1-24-22(25-12-6-7-13-27-14-16-28-17-15-27)26-20-18-23(10-4-5-11-23)29-21-9-3-2-8-19(20)21;/h2-3,8-9,20H,4-7,10-18H2,1H3,(H2,24,25,26);1H. The van der Waals surface area contributed by atoms with E-state index in [4.69, 9.17) is 9.47 Å². The number of hydrogen-bond acceptors (Lipinski definition) is 4. The lowest BCUT2D eigenvalue weighted by Crippen LogP contribution is -2.46. The molecule has 30 heavy (non-hydrogen) atoms. The lowest BCUT2D eigenvalue weighted by atomic mass is 9.86. The van der Waals surface area contributed by atoms with Crippen LogP contribution in [0.5, 0.6) is 5.75 Å². The molecule has 1 atom stereocenters. The summed E-state index contributed by atoms with van der Waals surface area (Å²) in [5.74, 6) is 1.94. The second-order valence-corrected chi connectivity index (χ2v) is 8.59. The third-order valence-electron chi connectivity index (χ3n) is 6.54. The number of rotatable bonds is 6. The summed E-state index contributed by atoms with van der Waals surface area (Å²) < 4.78 is 11.9. The van der Waals surface area contributed by atoms with Crippen molar-refractivity contribution in [1.82, 2.24) is 15.5 Å². The SMILES string of the molecule is CN=C(NCCCCN1CCOCC1)NC1CC2(CCCC2)Oc2ccccc21.I. The first-order chi connectivity index (χ1) is 14.3. The summed E-state index contributed by atoms with van der Waals surface area (Å²) in [6, 6.07) is 8.73. The van der Waals surface area contributed by atoms with Crippen LogP contribution in [-0.2, 0) is 4.74 Å². The van der Waals surface area contributed by atoms with Crippen LogP contribution < -0.4 is 15.4 Å². The van der Waals surface area contributed by atoms with Crippen LogP contribution in [0.3, 0.4) is 0 Å². The van der Waals surface area contributed by atoms with Crippen LogP contribution in [-0.4, -0.2) is 62.9 Å². The smallest absolute Gasteiger partial charge is 0.191 e. The lowest BCUT2D eigenvalue weighted by molar-refractivity contribution is 0.0372. The van der Waals surface area contributed by atoms with Crippen molar-refractivity contribution < 1.29 is 9.47 Å². The molecule has 3 aliphatic rings. The maximum absolute atomic E-state index is 6.48. The van der Waals surface area contributed by atoms with Crippen LogP contribution in [0.15, 0.2) is 29.3 Å². The van der Waals surface area contributed by atoms with E-state index < -0.39 is 0 Å². The quantitative estimate of drug-likeness (QED) is 0.255. The van der Waals surface area contributed by atoms with Crippen LogP contribution in [0, 0.1) is 0 Å². The molecule has 2 fully saturated rings. The summed E-state index contributed by atoms with van der Waals surface area (Å²) in [7, 11) is 1.86. The molecular formula is C23H37IN4O2. The number of fused-ring (bicyclic) bond motifs is 1. The molecule has 1 aliphatic carbocycles. The summed E-state index contributed by atoms with van der Waals surface area (Å²) in [5.41, 5.74) is 1.25. The molecule has 6 nitrogen and oxygen atoms in total. The second kappa shape index (κ2) is 11.5. The number of unbranched alkanes of at least 4 members (excludes halogenated alkanes) is 1. The number of ether oxygens (including phenoxy) is 2. The average Bonchev–Trinajstić information content (AvgIpc) is 3.20.